The van der Waals surface area contributed by atoms with Crippen molar-refractivity contribution >= 4 is 6.16 Å². The van der Waals surface area contributed by atoms with Crippen molar-refractivity contribution in [1.82, 2.24) is 0 Å². The third-order valence-corrected chi connectivity index (χ3v) is 0. The Kier molecular flexibility index (Phi) is 1480. The van der Waals surface area contributed by atoms with Crippen LogP contribution in [0.2, 0.25) is 0 Å². The first-order valence-corrected chi connectivity index (χ1v) is 0.651. The van der Waals surface area contributed by atoms with Crippen LogP contribution in [0.5, 0.6) is 0 Å². The van der Waals surface area contributed by atoms with E-state index in [0.717, 1.165) is 0 Å². The van der Waals surface area contributed by atoms with Crippen LogP contribution in [0.15, 0.2) is 0 Å². The van der Waals surface area contributed by atoms with Crippen LogP contribution in [0.3, 0.4) is 0 Å². The topological polar surface area (TPSA) is 247 Å². The van der Waals surface area contributed by atoms with Crippen LogP contribution < -0.4 is 0 Å². The molecule has 0 rings (SSSR count). The molecule has 9 nitrogen and oxygen atoms in total. The maximum absolute atomic E-state index is 8.56. The average molecular weight is 229 g/mol. The van der Waals surface area contributed by atoms with Crippen molar-refractivity contribution < 1.29 is 64.4 Å². The Bertz CT molecular complexity index is 32.5. The molecular formula is CH14NiO9. The van der Waals surface area contributed by atoms with Crippen LogP contribution in [0.4, 0.5) is 4.79 Å². The Hall–Kier alpha value is -0.476. The fourth-order valence-electron chi connectivity index (χ4n) is 0. The summed E-state index contributed by atoms with van der Waals surface area (Å²) < 4.78 is 0. The van der Waals surface area contributed by atoms with E-state index in [9.17, 15) is 0 Å². The van der Waals surface area contributed by atoms with Gasteiger partial charge in [0.15, 0.2) is 0 Å². The van der Waals surface area contributed by atoms with Crippen molar-refractivity contribution in [3.05, 3.63) is 0 Å². The van der Waals surface area contributed by atoms with Gasteiger partial charge in [0, 0.05) is 16.5 Å². The molecule has 0 fully saturated rings. The molecule has 0 saturated heterocycles. The minimum atomic E-state index is -1.83. The van der Waals surface area contributed by atoms with Gasteiger partial charge in [-0.3, -0.25) is 0 Å². The average Bonchev–Trinajstić information content (AvgIpc) is 0.811. The first kappa shape index (κ1) is 150. The standard InChI is InChI=1S/CH2O3.Ni.6H2O/c2-1(3)4;;;;;;;/h(H2,2,3,4);;6*1H2. The van der Waals surface area contributed by atoms with Gasteiger partial charge in [0.05, 0.1) is 0 Å². The van der Waals surface area contributed by atoms with E-state index in [2.05, 4.69) is 0 Å². The van der Waals surface area contributed by atoms with E-state index >= 15 is 0 Å². The maximum atomic E-state index is 8.56. The Morgan fingerprint density at radius 2 is 0.727 bits per heavy atom. The molecule has 82 valence electrons. The summed E-state index contributed by atoms with van der Waals surface area (Å²) in [5, 5.41) is 13.9. The van der Waals surface area contributed by atoms with E-state index < -0.39 is 6.16 Å². The third-order valence-electron chi connectivity index (χ3n) is 0. The van der Waals surface area contributed by atoms with Gasteiger partial charge in [-0.05, 0) is 0 Å². The van der Waals surface area contributed by atoms with E-state index in [1.165, 1.54) is 0 Å². The van der Waals surface area contributed by atoms with Crippen LogP contribution >= 0.6 is 0 Å². The molecule has 0 radical (unpaired) electrons. The minimum Gasteiger partial charge on any atom is -0.450 e. The van der Waals surface area contributed by atoms with Crippen molar-refractivity contribution in [2.24, 2.45) is 0 Å². The summed E-state index contributed by atoms with van der Waals surface area (Å²) in [7, 11) is 0. The number of hydrogen-bond acceptors (Lipinski definition) is 1. The summed E-state index contributed by atoms with van der Waals surface area (Å²) in [5.41, 5.74) is 0. The van der Waals surface area contributed by atoms with E-state index in [1.54, 1.807) is 0 Å². The quantitative estimate of drug-likeness (QED) is 0.388. The zero-order chi connectivity index (χ0) is 3.58. The van der Waals surface area contributed by atoms with E-state index in [-0.39, 0.29) is 49.3 Å². The molecule has 0 unspecified atom stereocenters. The number of rotatable bonds is 0. The molecule has 0 atom stereocenters. The van der Waals surface area contributed by atoms with Gasteiger partial charge in [-0.1, -0.05) is 0 Å². The number of carboxylic acid groups (broad SMARTS) is 2. The Balaban J connectivity index is -0.00000000214. The van der Waals surface area contributed by atoms with Gasteiger partial charge in [0.25, 0.3) is 0 Å². The van der Waals surface area contributed by atoms with Gasteiger partial charge in [0.1, 0.15) is 0 Å². The molecule has 0 bridgehead atoms. The second-order valence-electron chi connectivity index (χ2n) is 0.283. The normalized spacial score (nSPS) is 2.18. The summed E-state index contributed by atoms with van der Waals surface area (Å²) in [6.07, 6.45) is -1.83. The number of hydrogen-bond donors (Lipinski definition) is 2. The molecule has 0 saturated carbocycles. The van der Waals surface area contributed by atoms with E-state index in [4.69, 9.17) is 15.0 Å². The van der Waals surface area contributed by atoms with E-state index in [1.807, 2.05) is 0 Å². The zero-order valence-electron chi connectivity index (χ0n) is 5.12. The van der Waals surface area contributed by atoms with Gasteiger partial charge in [-0.25, -0.2) is 4.79 Å². The van der Waals surface area contributed by atoms with Gasteiger partial charge in [-0.2, -0.15) is 0 Å². The predicted octanol–water partition coefficient (Wildman–Crippen LogP) is -4.73. The molecule has 14 N–H and O–H groups in total. The second kappa shape index (κ2) is 109. The molecule has 0 amide bonds. The molecule has 0 aromatic heterocycles. The van der Waals surface area contributed by atoms with Crippen molar-refractivity contribution in [3.63, 3.8) is 0 Å². The third kappa shape index (κ3) is 2370. The monoisotopic (exact) mass is 228 g/mol. The van der Waals surface area contributed by atoms with Gasteiger partial charge in [0.2, 0.25) is 0 Å². The summed E-state index contributed by atoms with van der Waals surface area (Å²) in [6.45, 7) is 0. The fourth-order valence-corrected chi connectivity index (χ4v) is 0. The van der Waals surface area contributed by atoms with Crippen LogP contribution in [-0.2, 0) is 16.5 Å². The molecule has 0 heterocycles. The van der Waals surface area contributed by atoms with Crippen LogP contribution in [-0.4, -0.2) is 49.2 Å². The zero-order valence-corrected chi connectivity index (χ0v) is 6.11. The largest absolute Gasteiger partial charge is 0.503 e. The van der Waals surface area contributed by atoms with Crippen molar-refractivity contribution in [2.45, 2.75) is 0 Å². The summed E-state index contributed by atoms with van der Waals surface area (Å²) >= 11 is 0. The molecule has 0 aliphatic heterocycles. The van der Waals surface area contributed by atoms with Crippen LogP contribution in [0.1, 0.15) is 0 Å². The maximum Gasteiger partial charge on any atom is 0.503 e. The first-order chi connectivity index (χ1) is 1.73. The van der Waals surface area contributed by atoms with Gasteiger partial charge >= 0.3 is 6.16 Å². The molecule has 0 spiro atoms. The number of carbonyl (C=O) groups is 1. The van der Waals surface area contributed by atoms with Crippen molar-refractivity contribution in [2.75, 3.05) is 0 Å². The summed E-state index contributed by atoms with van der Waals surface area (Å²) in [4.78, 5) is 8.56. The molecule has 0 aliphatic rings. The van der Waals surface area contributed by atoms with E-state index in [0.29, 0.717) is 0 Å². The van der Waals surface area contributed by atoms with Gasteiger partial charge < -0.3 is 43.1 Å². The summed E-state index contributed by atoms with van der Waals surface area (Å²) in [6, 6.07) is 0. The van der Waals surface area contributed by atoms with Gasteiger partial charge in [-0.15, -0.1) is 0 Å². The molecule has 10 heteroatoms. The Morgan fingerprint density at radius 3 is 0.727 bits per heavy atom. The molecule has 11 heavy (non-hydrogen) atoms. The fraction of sp³-hybridized carbons (Fsp3) is 0. The molecule has 0 aliphatic carbocycles. The second-order valence-corrected chi connectivity index (χ2v) is 0.283. The van der Waals surface area contributed by atoms with Crippen LogP contribution in [0.25, 0.3) is 0 Å². The smallest absolute Gasteiger partial charge is 0.450 e. The molecule has 0 aromatic carbocycles. The van der Waals surface area contributed by atoms with Crippen LogP contribution in [0, 0.1) is 0 Å². The first-order valence-electron chi connectivity index (χ1n) is 0.651. The predicted molar refractivity (Wildman–Crippen MR) is 32.3 cm³/mol. The Labute approximate surface area is 71.4 Å². The Morgan fingerprint density at radius 1 is 0.727 bits per heavy atom. The minimum absolute atomic E-state index is 0. The van der Waals surface area contributed by atoms with Crippen molar-refractivity contribution in [3.8, 4) is 0 Å². The van der Waals surface area contributed by atoms with Crippen molar-refractivity contribution in [1.29, 1.82) is 0 Å². The SMILES string of the molecule is O.O.O.O.O.O.O=C(O)O.[Ni]. The summed E-state index contributed by atoms with van der Waals surface area (Å²) in [5.74, 6) is 0. The molecule has 0 aromatic rings. The molecular weight excluding hydrogens is 215 g/mol.